The van der Waals surface area contributed by atoms with Crippen molar-refractivity contribution >= 4 is 6.04 Å². The predicted octanol–water partition coefficient (Wildman–Crippen LogP) is 3.20. The van der Waals surface area contributed by atoms with Crippen molar-refractivity contribution in [2.75, 3.05) is 7.11 Å². The van der Waals surface area contributed by atoms with Gasteiger partial charge in [-0.25, -0.2) is 0 Å². The molecule has 91 valence electrons. The molecule has 0 bridgehead atoms. The fourth-order valence-electron chi connectivity index (χ4n) is 1.78. The molecule has 18 heavy (non-hydrogen) atoms. The van der Waals surface area contributed by atoms with Gasteiger partial charge in [0, 0.05) is 0 Å². The minimum atomic E-state index is -1.44. The van der Waals surface area contributed by atoms with Crippen LogP contribution in [0.5, 0.6) is 5.75 Å². The van der Waals surface area contributed by atoms with Crippen LogP contribution in [-0.2, 0) is 6.42 Å². The summed E-state index contributed by atoms with van der Waals surface area (Å²) in [6.07, 6.45) is 0.492. The molecule has 2 rings (SSSR count). The van der Waals surface area contributed by atoms with Crippen LogP contribution in [-0.4, -0.2) is 13.1 Å². The summed E-state index contributed by atoms with van der Waals surface area (Å²) >= 11 is 0. The van der Waals surface area contributed by atoms with Gasteiger partial charge >= 0.3 is 6.04 Å². The molecule has 0 aliphatic carbocycles. The molecule has 0 atom stereocenters. The molecule has 3 heteroatoms. The summed E-state index contributed by atoms with van der Waals surface area (Å²) in [6.45, 7) is 0. The van der Waals surface area contributed by atoms with E-state index in [9.17, 15) is 9.18 Å². The van der Waals surface area contributed by atoms with Crippen LogP contribution < -0.4 is 4.74 Å². The molecule has 0 aliphatic rings. The Morgan fingerprint density at radius 1 is 1.39 bits per heavy atom. The van der Waals surface area contributed by atoms with Gasteiger partial charge in [0.25, 0.3) is 0 Å². The minimum absolute atomic E-state index is 0.0539. The monoisotopic (exact) mass is 243 g/mol. The molecule has 0 N–H and O–H groups in total. The van der Waals surface area contributed by atoms with Crippen LogP contribution in [0.2, 0.25) is 0 Å². The number of hydrogen-bond acceptors (Lipinski definition) is 2. The van der Waals surface area contributed by atoms with Crippen molar-refractivity contribution in [2.24, 2.45) is 0 Å². The zero-order chi connectivity index (χ0) is 13.0. The average molecular weight is 243 g/mol. The maximum atomic E-state index is 13.0. The van der Waals surface area contributed by atoms with E-state index in [1.165, 1.54) is 13.2 Å². The maximum Gasteiger partial charge on any atom is 0.332 e. The smallest absolute Gasteiger partial charge is 0.332 e. The van der Waals surface area contributed by atoms with Gasteiger partial charge in [-0.05, 0) is 35.7 Å². The number of carbonyl (C=O) groups is 1. The van der Waals surface area contributed by atoms with Crippen molar-refractivity contribution in [3.05, 3.63) is 65.2 Å². The van der Waals surface area contributed by atoms with Crippen LogP contribution >= 0.6 is 0 Å². The summed E-state index contributed by atoms with van der Waals surface area (Å²) < 4.78 is 18.0. The lowest BCUT2D eigenvalue weighted by Gasteiger charge is -2.08. The number of halogens is 1. The van der Waals surface area contributed by atoms with Crippen molar-refractivity contribution in [1.82, 2.24) is 0 Å². The van der Waals surface area contributed by atoms with Crippen molar-refractivity contribution < 1.29 is 13.9 Å². The summed E-state index contributed by atoms with van der Waals surface area (Å²) in [4.78, 5) is 11.0. The van der Waals surface area contributed by atoms with E-state index in [0.29, 0.717) is 17.7 Å². The Kier molecular flexibility index (Phi) is 3.72. The van der Waals surface area contributed by atoms with Crippen LogP contribution in [0.3, 0.4) is 0 Å². The van der Waals surface area contributed by atoms with E-state index < -0.39 is 6.04 Å². The number of hydrogen-bond donors (Lipinski definition) is 0. The average Bonchev–Trinajstić information content (AvgIpc) is 2.40. The summed E-state index contributed by atoms with van der Waals surface area (Å²) in [5.41, 5.74) is 1.67. The largest absolute Gasteiger partial charge is 0.497 e. The van der Waals surface area contributed by atoms with Gasteiger partial charge in [0.05, 0.1) is 12.7 Å². The molecule has 1 radical (unpaired) electrons. The molecule has 0 fully saturated rings. The van der Waals surface area contributed by atoms with E-state index in [4.69, 9.17) is 4.74 Å². The first kappa shape index (κ1) is 12.3. The van der Waals surface area contributed by atoms with Gasteiger partial charge in [0.15, 0.2) is 0 Å². The number of ether oxygens (including phenoxy) is 1. The molecular formula is C15H12FO2. The highest BCUT2D eigenvalue weighted by Crippen LogP contribution is 2.21. The van der Waals surface area contributed by atoms with Crippen molar-refractivity contribution in [2.45, 2.75) is 6.42 Å². The van der Waals surface area contributed by atoms with Gasteiger partial charge in [-0.1, -0.05) is 30.3 Å². The standard InChI is InChI=1S/C15H12FO2/c1-18-13-8-7-12(14(10-13)15(16)17)9-11-5-3-2-4-6-11/h2-3,5-8,10H,9H2,1H3. The lowest BCUT2D eigenvalue weighted by atomic mass is 10.00. The second-order valence-corrected chi connectivity index (χ2v) is 3.89. The second kappa shape index (κ2) is 5.45. The Hall–Kier alpha value is -2.16. The molecule has 2 nitrogen and oxygen atoms in total. The van der Waals surface area contributed by atoms with E-state index in [2.05, 4.69) is 6.07 Å². The maximum absolute atomic E-state index is 13.0. The molecule has 0 saturated carbocycles. The van der Waals surface area contributed by atoms with Crippen LogP contribution in [0.15, 0.2) is 42.5 Å². The Morgan fingerprint density at radius 2 is 2.22 bits per heavy atom. The lowest BCUT2D eigenvalue weighted by Crippen LogP contribution is -2.00. The number of benzene rings is 2. The third kappa shape index (κ3) is 2.74. The molecule has 0 heterocycles. The van der Waals surface area contributed by atoms with Gasteiger partial charge in [0.1, 0.15) is 5.75 Å². The highest BCUT2D eigenvalue weighted by atomic mass is 19.1. The van der Waals surface area contributed by atoms with Crippen LogP contribution in [0.1, 0.15) is 21.5 Å². The highest BCUT2D eigenvalue weighted by Gasteiger charge is 2.12. The Labute approximate surface area is 105 Å². The van der Waals surface area contributed by atoms with Crippen LogP contribution in [0.4, 0.5) is 4.39 Å². The molecule has 0 amide bonds. The van der Waals surface area contributed by atoms with Gasteiger partial charge in [-0.15, -0.1) is 0 Å². The quantitative estimate of drug-likeness (QED) is 0.771. The van der Waals surface area contributed by atoms with E-state index in [1.807, 2.05) is 18.2 Å². The first-order valence-corrected chi connectivity index (χ1v) is 5.52. The topological polar surface area (TPSA) is 26.3 Å². The van der Waals surface area contributed by atoms with E-state index >= 15 is 0 Å². The fraction of sp³-hybridized carbons (Fsp3) is 0.133. The van der Waals surface area contributed by atoms with Gasteiger partial charge in [-0.3, -0.25) is 4.79 Å². The lowest BCUT2D eigenvalue weighted by molar-refractivity contribution is 0.0834. The normalized spacial score (nSPS) is 10.1. The van der Waals surface area contributed by atoms with E-state index in [1.54, 1.807) is 18.2 Å². The summed E-state index contributed by atoms with van der Waals surface area (Å²) in [6, 6.07) is 13.7. The zero-order valence-corrected chi connectivity index (χ0v) is 9.94. The van der Waals surface area contributed by atoms with Gasteiger partial charge < -0.3 is 4.74 Å². The Morgan fingerprint density at radius 3 is 2.83 bits per heavy atom. The molecule has 0 spiro atoms. The molecule has 0 aliphatic heterocycles. The minimum Gasteiger partial charge on any atom is -0.497 e. The molecule has 0 aromatic heterocycles. The first-order valence-electron chi connectivity index (χ1n) is 5.52. The SMILES string of the molecule is COc1ccc(Cc2c[c]ccc2)c(C(=O)F)c1. The first-order chi connectivity index (χ1) is 8.70. The zero-order valence-electron chi connectivity index (χ0n) is 9.94. The summed E-state index contributed by atoms with van der Waals surface area (Å²) in [5.74, 6) is 0.472. The Bertz CT molecular complexity index is 550. The molecular weight excluding hydrogens is 231 g/mol. The molecule has 2 aromatic rings. The number of rotatable bonds is 4. The van der Waals surface area contributed by atoms with Gasteiger partial charge in [0.2, 0.25) is 0 Å². The molecule has 0 saturated heterocycles. The number of carbonyl (C=O) groups excluding carboxylic acids is 1. The van der Waals surface area contributed by atoms with Crippen molar-refractivity contribution in [1.29, 1.82) is 0 Å². The van der Waals surface area contributed by atoms with E-state index in [-0.39, 0.29) is 5.56 Å². The molecule has 0 unspecified atom stereocenters. The van der Waals surface area contributed by atoms with Crippen molar-refractivity contribution in [3.63, 3.8) is 0 Å². The summed E-state index contributed by atoms with van der Waals surface area (Å²) in [7, 11) is 1.48. The number of methoxy groups -OCH3 is 1. The third-order valence-electron chi connectivity index (χ3n) is 2.69. The predicted molar refractivity (Wildman–Crippen MR) is 66.5 cm³/mol. The highest BCUT2D eigenvalue weighted by molar-refractivity contribution is 5.90. The second-order valence-electron chi connectivity index (χ2n) is 3.89. The van der Waals surface area contributed by atoms with Crippen LogP contribution in [0, 0.1) is 6.07 Å². The van der Waals surface area contributed by atoms with E-state index in [0.717, 1.165) is 5.56 Å². The van der Waals surface area contributed by atoms with Crippen LogP contribution in [0.25, 0.3) is 0 Å². The van der Waals surface area contributed by atoms with Gasteiger partial charge in [-0.2, -0.15) is 4.39 Å². The van der Waals surface area contributed by atoms with Crippen molar-refractivity contribution in [3.8, 4) is 5.75 Å². The Balaban J connectivity index is 2.35. The third-order valence-corrected chi connectivity index (χ3v) is 2.69. The molecule has 2 aromatic carbocycles. The summed E-state index contributed by atoms with van der Waals surface area (Å²) in [5, 5.41) is 0. The fourth-order valence-corrected chi connectivity index (χ4v) is 1.78.